The van der Waals surface area contributed by atoms with Crippen molar-refractivity contribution in [1.82, 2.24) is 9.78 Å². The van der Waals surface area contributed by atoms with Crippen LogP contribution in [0.25, 0.3) is 5.69 Å². The number of hydrogen-bond acceptors (Lipinski definition) is 5. The fourth-order valence-electron chi connectivity index (χ4n) is 1.94. The van der Waals surface area contributed by atoms with Crippen LogP contribution >= 0.6 is 35.3 Å². The molecular formula is C16H11FN2OS3. The molecule has 0 spiro atoms. The zero-order valence-corrected chi connectivity index (χ0v) is 14.3. The number of ketones is 1. The van der Waals surface area contributed by atoms with Gasteiger partial charge in [-0.05, 0) is 36.5 Å². The third kappa shape index (κ3) is 3.74. The summed E-state index contributed by atoms with van der Waals surface area (Å²) in [6.07, 6.45) is 0. The number of rotatable bonds is 5. The van der Waals surface area contributed by atoms with Crippen LogP contribution in [0.5, 0.6) is 0 Å². The molecule has 1 aromatic heterocycles. The van der Waals surface area contributed by atoms with E-state index < -0.39 is 5.82 Å². The number of Topliss-reactive ketones (excluding diaryl/α,β-unsaturated/α-hetero) is 1. The van der Waals surface area contributed by atoms with Crippen molar-refractivity contribution in [3.05, 3.63) is 69.9 Å². The van der Waals surface area contributed by atoms with Crippen molar-refractivity contribution in [2.75, 3.05) is 5.75 Å². The second-order valence-electron chi connectivity index (χ2n) is 4.57. The van der Waals surface area contributed by atoms with E-state index in [2.05, 4.69) is 5.10 Å². The third-order valence-electron chi connectivity index (χ3n) is 3.03. The molecule has 0 radical (unpaired) electrons. The quantitative estimate of drug-likeness (QED) is 0.372. The molecule has 1 heterocycles. The molecule has 0 N–H and O–H groups in total. The number of hydrogen-bond donors (Lipinski definition) is 0. The minimum absolute atomic E-state index is 0.103. The lowest BCUT2D eigenvalue weighted by atomic mass is 10.1. The normalized spacial score (nSPS) is 10.7. The number of carbonyl (C=O) groups excluding carboxylic acids is 1. The van der Waals surface area contributed by atoms with Crippen LogP contribution in [0, 0.1) is 9.77 Å². The van der Waals surface area contributed by atoms with Gasteiger partial charge >= 0.3 is 0 Å². The standard InChI is InChI=1S/C16H11FN2OS3/c17-13-9-5-4-8-12(13)14(20)10-22-15-18-19(16(21)23-15)11-6-2-1-3-7-11/h1-9H,10H2. The maximum Gasteiger partial charge on any atom is 0.184 e. The van der Waals surface area contributed by atoms with Gasteiger partial charge in [-0.3, -0.25) is 4.79 Å². The molecule has 3 aromatic rings. The predicted octanol–water partition coefficient (Wildman–Crippen LogP) is 4.78. The smallest absolute Gasteiger partial charge is 0.184 e. The van der Waals surface area contributed by atoms with Gasteiger partial charge in [0.25, 0.3) is 0 Å². The van der Waals surface area contributed by atoms with E-state index in [0.29, 0.717) is 8.29 Å². The number of thioether (sulfide) groups is 1. The van der Waals surface area contributed by atoms with E-state index in [9.17, 15) is 9.18 Å². The van der Waals surface area contributed by atoms with Gasteiger partial charge in [0.05, 0.1) is 17.0 Å². The van der Waals surface area contributed by atoms with E-state index in [1.54, 1.807) is 16.8 Å². The molecule has 0 amide bonds. The van der Waals surface area contributed by atoms with E-state index in [0.717, 1.165) is 5.69 Å². The van der Waals surface area contributed by atoms with Gasteiger partial charge in [-0.2, -0.15) is 0 Å². The van der Waals surface area contributed by atoms with Gasteiger partial charge in [0.1, 0.15) is 5.82 Å². The highest BCUT2D eigenvalue weighted by atomic mass is 32.2. The average Bonchev–Trinajstić information content (AvgIpc) is 2.95. The second kappa shape index (κ2) is 7.16. The number of nitrogens with zero attached hydrogens (tertiary/aromatic N) is 2. The summed E-state index contributed by atoms with van der Waals surface area (Å²) >= 11 is 7.91. The average molecular weight is 362 g/mol. The van der Waals surface area contributed by atoms with Crippen LogP contribution in [0.3, 0.4) is 0 Å². The third-order valence-corrected chi connectivity index (χ3v) is 5.40. The molecule has 0 aliphatic rings. The topological polar surface area (TPSA) is 34.9 Å². The molecule has 3 rings (SSSR count). The lowest BCUT2D eigenvalue weighted by molar-refractivity contribution is 0.101. The van der Waals surface area contributed by atoms with E-state index in [1.807, 2.05) is 30.3 Å². The fourth-order valence-corrected chi connectivity index (χ4v) is 4.19. The minimum atomic E-state index is -0.499. The van der Waals surface area contributed by atoms with Gasteiger partial charge in [-0.15, -0.1) is 5.10 Å². The lowest BCUT2D eigenvalue weighted by Gasteiger charge is -2.01. The van der Waals surface area contributed by atoms with Gasteiger partial charge in [0.15, 0.2) is 14.1 Å². The van der Waals surface area contributed by atoms with E-state index in [4.69, 9.17) is 12.2 Å². The van der Waals surface area contributed by atoms with Gasteiger partial charge in [0, 0.05) is 0 Å². The summed E-state index contributed by atoms with van der Waals surface area (Å²) in [6, 6.07) is 15.5. The highest BCUT2D eigenvalue weighted by molar-refractivity contribution is 8.01. The zero-order chi connectivity index (χ0) is 16.2. The monoisotopic (exact) mass is 362 g/mol. The Hall–Kier alpha value is -1.83. The molecule has 2 aromatic carbocycles. The molecule has 0 saturated heterocycles. The van der Waals surface area contributed by atoms with Crippen LogP contribution in [0.4, 0.5) is 4.39 Å². The Bertz CT molecular complexity index is 890. The molecule has 0 aliphatic carbocycles. The van der Waals surface area contributed by atoms with E-state index >= 15 is 0 Å². The molecule has 0 aliphatic heterocycles. The van der Waals surface area contributed by atoms with Crippen LogP contribution < -0.4 is 0 Å². The Labute approximate surface area is 145 Å². The summed E-state index contributed by atoms with van der Waals surface area (Å²) in [5.74, 6) is -0.640. The Kier molecular flexibility index (Phi) is 5.00. The largest absolute Gasteiger partial charge is 0.293 e. The van der Waals surface area contributed by atoms with Gasteiger partial charge in [-0.25, -0.2) is 9.07 Å². The number of carbonyl (C=O) groups is 1. The zero-order valence-electron chi connectivity index (χ0n) is 11.8. The first-order valence-electron chi connectivity index (χ1n) is 6.71. The molecule has 0 saturated carbocycles. The maximum absolute atomic E-state index is 13.6. The first kappa shape index (κ1) is 16.0. The summed E-state index contributed by atoms with van der Waals surface area (Å²) in [5.41, 5.74) is 0.979. The second-order valence-corrected chi connectivity index (χ2v) is 7.42. The Morgan fingerprint density at radius 1 is 1.17 bits per heavy atom. The van der Waals surface area contributed by atoms with Crippen LogP contribution in [-0.2, 0) is 0 Å². The van der Waals surface area contributed by atoms with Crippen molar-refractivity contribution in [3.63, 3.8) is 0 Å². The molecule has 3 nitrogen and oxygen atoms in total. The van der Waals surface area contributed by atoms with Crippen LogP contribution in [0.15, 0.2) is 58.9 Å². The Balaban J connectivity index is 1.74. The summed E-state index contributed by atoms with van der Waals surface area (Å²) in [6.45, 7) is 0. The molecule has 0 fully saturated rings. The molecular weight excluding hydrogens is 351 g/mol. The van der Waals surface area contributed by atoms with E-state index in [-0.39, 0.29) is 17.1 Å². The molecule has 116 valence electrons. The van der Waals surface area contributed by atoms with Crippen LogP contribution in [-0.4, -0.2) is 21.3 Å². The van der Waals surface area contributed by atoms with Crippen molar-refractivity contribution in [3.8, 4) is 5.69 Å². The van der Waals surface area contributed by atoms with Crippen molar-refractivity contribution in [1.29, 1.82) is 0 Å². The number of para-hydroxylation sites is 1. The molecule has 0 unspecified atom stereocenters. The number of benzene rings is 2. The first-order valence-corrected chi connectivity index (χ1v) is 8.92. The summed E-state index contributed by atoms with van der Waals surface area (Å²) in [7, 11) is 0. The lowest BCUT2D eigenvalue weighted by Crippen LogP contribution is -2.05. The van der Waals surface area contributed by atoms with Gasteiger partial charge < -0.3 is 0 Å². The Morgan fingerprint density at radius 3 is 2.61 bits per heavy atom. The van der Waals surface area contributed by atoms with Gasteiger partial charge in [0.2, 0.25) is 0 Å². The van der Waals surface area contributed by atoms with Gasteiger partial charge in [-0.1, -0.05) is 53.4 Å². The summed E-state index contributed by atoms with van der Waals surface area (Å²) in [5, 5.41) is 4.42. The first-order chi connectivity index (χ1) is 11.1. The Morgan fingerprint density at radius 2 is 1.87 bits per heavy atom. The van der Waals surface area contributed by atoms with Crippen LogP contribution in [0.1, 0.15) is 10.4 Å². The minimum Gasteiger partial charge on any atom is -0.293 e. The number of aromatic nitrogens is 2. The fraction of sp³-hybridized carbons (Fsp3) is 0.0625. The molecule has 23 heavy (non-hydrogen) atoms. The molecule has 7 heteroatoms. The summed E-state index contributed by atoms with van der Waals surface area (Å²) in [4.78, 5) is 12.1. The number of halogens is 1. The van der Waals surface area contributed by atoms with E-state index in [1.165, 1.54) is 35.2 Å². The predicted molar refractivity (Wildman–Crippen MR) is 93.7 cm³/mol. The van der Waals surface area contributed by atoms with Crippen molar-refractivity contribution >= 4 is 41.1 Å². The molecule has 0 atom stereocenters. The summed E-state index contributed by atoms with van der Waals surface area (Å²) < 4.78 is 16.5. The van der Waals surface area contributed by atoms with Crippen LogP contribution in [0.2, 0.25) is 0 Å². The SMILES string of the molecule is O=C(CSc1nn(-c2ccccc2)c(=S)s1)c1ccccc1F. The van der Waals surface area contributed by atoms with Crippen molar-refractivity contribution in [2.24, 2.45) is 0 Å². The molecule has 0 bridgehead atoms. The highest BCUT2D eigenvalue weighted by Gasteiger charge is 2.13. The van der Waals surface area contributed by atoms with Crippen molar-refractivity contribution in [2.45, 2.75) is 4.34 Å². The van der Waals surface area contributed by atoms with Crippen molar-refractivity contribution < 1.29 is 9.18 Å². The maximum atomic E-state index is 13.6. The highest BCUT2D eigenvalue weighted by Crippen LogP contribution is 2.25.